The second-order valence-corrected chi connectivity index (χ2v) is 6.73. The van der Waals surface area contributed by atoms with E-state index in [2.05, 4.69) is 50.2 Å². The van der Waals surface area contributed by atoms with Crippen molar-refractivity contribution in [2.75, 3.05) is 0 Å². The van der Waals surface area contributed by atoms with E-state index in [1.54, 1.807) is 0 Å². The number of hydrogen-bond acceptors (Lipinski definition) is 2. The third kappa shape index (κ3) is 3.52. The van der Waals surface area contributed by atoms with Crippen LogP contribution in [0.1, 0.15) is 53.4 Å². The van der Waals surface area contributed by atoms with Gasteiger partial charge in [-0.2, -0.15) is 10.2 Å². The lowest BCUT2D eigenvalue weighted by Gasteiger charge is -2.19. The van der Waals surface area contributed by atoms with Crippen LogP contribution in [0, 0.1) is 17.3 Å². The molecule has 0 aromatic rings. The Morgan fingerprint density at radius 1 is 1.24 bits per heavy atom. The summed E-state index contributed by atoms with van der Waals surface area (Å²) in [7, 11) is 0. The molecule has 2 heteroatoms. The van der Waals surface area contributed by atoms with Gasteiger partial charge in [-0.15, -0.1) is 0 Å². The Balaban J connectivity index is 2.24. The minimum atomic E-state index is 0.274. The lowest BCUT2D eigenvalue weighted by molar-refractivity contribution is 0.433. The maximum Gasteiger partial charge on any atom is 0.0661 e. The molecule has 0 radical (unpaired) electrons. The van der Waals surface area contributed by atoms with Gasteiger partial charge in [-0.3, -0.25) is 0 Å². The van der Waals surface area contributed by atoms with Crippen LogP contribution in [0.25, 0.3) is 0 Å². The van der Waals surface area contributed by atoms with E-state index in [0.29, 0.717) is 5.92 Å². The van der Waals surface area contributed by atoms with Crippen LogP contribution in [-0.4, -0.2) is 11.9 Å². The second-order valence-electron chi connectivity index (χ2n) is 6.73. The molecule has 1 fully saturated rings. The van der Waals surface area contributed by atoms with E-state index in [0.717, 1.165) is 12.3 Å². The van der Waals surface area contributed by atoms with Gasteiger partial charge in [0, 0.05) is 6.21 Å². The summed E-state index contributed by atoms with van der Waals surface area (Å²) in [6.45, 7) is 8.96. The zero-order valence-electron chi connectivity index (χ0n) is 11.5. The molecule has 1 aliphatic heterocycles. The average Bonchev–Trinajstić information content (AvgIpc) is 2.63. The molecular formula is C15H24N2. The molecule has 0 aromatic carbocycles. The van der Waals surface area contributed by atoms with Crippen LogP contribution >= 0.6 is 0 Å². The quantitative estimate of drug-likeness (QED) is 0.646. The van der Waals surface area contributed by atoms with Gasteiger partial charge < -0.3 is 0 Å². The topological polar surface area (TPSA) is 24.7 Å². The average molecular weight is 232 g/mol. The summed E-state index contributed by atoms with van der Waals surface area (Å²) in [6, 6.07) is 0. The molecular weight excluding hydrogens is 208 g/mol. The van der Waals surface area contributed by atoms with E-state index in [1.165, 1.54) is 30.5 Å². The molecule has 2 aliphatic rings. The van der Waals surface area contributed by atoms with E-state index in [-0.39, 0.29) is 5.41 Å². The SMILES string of the molecule is CC1=C[C@H]2CC[C@@H](C=NN=C1CC(C)(C)C)C2. The van der Waals surface area contributed by atoms with Gasteiger partial charge in [0.05, 0.1) is 5.71 Å². The minimum absolute atomic E-state index is 0.274. The largest absolute Gasteiger partial charge is 0.163 e. The van der Waals surface area contributed by atoms with E-state index in [4.69, 9.17) is 0 Å². The summed E-state index contributed by atoms with van der Waals surface area (Å²) >= 11 is 0. The van der Waals surface area contributed by atoms with Crippen LogP contribution in [0.3, 0.4) is 0 Å². The normalized spacial score (nSPS) is 29.2. The molecule has 1 aliphatic carbocycles. The first-order valence-electron chi connectivity index (χ1n) is 6.73. The Morgan fingerprint density at radius 2 is 1.94 bits per heavy atom. The van der Waals surface area contributed by atoms with E-state index >= 15 is 0 Å². The van der Waals surface area contributed by atoms with E-state index < -0.39 is 0 Å². The Morgan fingerprint density at radius 3 is 2.65 bits per heavy atom. The van der Waals surface area contributed by atoms with Crippen molar-refractivity contribution < 1.29 is 0 Å². The molecule has 2 bridgehead atoms. The highest BCUT2D eigenvalue weighted by Crippen LogP contribution is 2.33. The zero-order chi connectivity index (χ0) is 12.5. The fraction of sp³-hybridized carbons (Fsp3) is 0.733. The number of nitrogens with zero attached hydrogens (tertiary/aromatic N) is 2. The van der Waals surface area contributed by atoms with E-state index in [1.807, 2.05) is 0 Å². The fourth-order valence-corrected chi connectivity index (χ4v) is 2.74. The predicted molar refractivity (Wildman–Crippen MR) is 74.6 cm³/mol. The van der Waals surface area contributed by atoms with Crippen LogP contribution in [0.15, 0.2) is 21.9 Å². The van der Waals surface area contributed by atoms with Gasteiger partial charge in [0.2, 0.25) is 0 Å². The van der Waals surface area contributed by atoms with Gasteiger partial charge in [0.15, 0.2) is 0 Å². The Kier molecular flexibility index (Phi) is 3.50. The fourth-order valence-electron chi connectivity index (χ4n) is 2.74. The lowest BCUT2D eigenvalue weighted by atomic mass is 9.86. The zero-order valence-corrected chi connectivity index (χ0v) is 11.5. The van der Waals surface area contributed by atoms with Gasteiger partial charge in [0.1, 0.15) is 0 Å². The predicted octanol–water partition coefficient (Wildman–Crippen LogP) is 4.23. The molecule has 0 amide bonds. The van der Waals surface area contributed by atoms with Crippen molar-refractivity contribution in [1.29, 1.82) is 0 Å². The van der Waals surface area contributed by atoms with Crippen LogP contribution in [0.4, 0.5) is 0 Å². The summed E-state index contributed by atoms with van der Waals surface area (Å²) in [5.74, 6) is 1.40. The Labute approximate surface area is 105 Å². The van der Waals surface area contributed by atoms with Crippen molar-refractivity contribution in [2.24, 2.45) is 27.5 Å². The van der Waals surface area contributed by atoms with Gasteiger partial charge in [-0.25, -0.2) is 0 Å². The summed E-state index contributed by atoms with van der Waals surface area (Å²) in [5, 5.41) is 8.75. The maximum absolute atomic E-state index is 4.45. The number of rotatable bonds is 1. The first-order chi connectivity index (χ1) is 7.94. The third-order valence-electron chi connectivity index (χ3n) is 3.61. The summed E-state index contributed by atoms with van der Waals surface area (Å²) in [4.78, 5) is 0. The van der Waals surface area contributed by atoms with Crippen molar-refractivity contribution in [3.05, 3.63) is 11.6 Å². The molecule has 1 heterocycles. The van der Waals surface area contributed by atoms with Gasteiger partial charge in [-0.1, -0.05) is 26.8 Å². The molecule has 0 aromatic heterocycles. The number of hydrogen-bond donors (Lipinski definition) is 0. The molecule has 1 saturated carbocycles. The molecule has 94 valence electrons. The summed E-state index contributed by atoms with van der Waals surface area (Å²) in [5.41, 5.74) is 2.78. The monoisotopic (exact) mass is 232 g/mol. The highest BCUT2D eigenvalue weighted by Gasteiger charge is 2.24. The van der Waals surface area contributed by atoms with Gasteiger partial charge >= 0.3 is 0 Å². The lowest BCUT2D eigenvalue weighted by Crippen LogP contribution is -2.14. The molecule has 0 spiro atoms. The highest BCUT2D eigenvalue weighted by atomic mass is 15.2. The first kappa shape index (κ1) is 12.5. The van der Waals surface area contributed by atoms with E-state index in [9.17, 15) is 0 Å². The first-order valence-corrected chi connectivity index (χ1v) is 6.73. The van der Waals surface area contributed by atoms with Crippen LogP contribution in [-0.2, 0) is 0 Å². The molecule has 0 N–H and O–H groups in total. The van der Waals surface area contributed by atoms with Crippen molar-refractivity contribution in [3.63, 3.8) is 0 Å². The standard InChI is InChI=1S/C15H24N2/c1-11-7-12-5-6-13(8-12)10-16-17-14(11)9-15(2,3)4/h7,10,12-13H,5-6,8-9H2,1-4H3/t12-,13-/m1/s1. The molecule has 0 saturated heterocycles. The molecule has 2 rings (SSSR count). The van der Waals surface area contributed by atoms with Gasteiger partial charge in [-0.05, 0) is 55.4 Å². The van der Waals surface area contributed by atoms with Crippen molar-refractivity contribution in [1.82, 2.24) is 0 Å². The summed E-state index contributed by atoms with van der Waals surface area (Å²) < 4.78 is 0. The van der Waals surface area contributed by atoms with Crippen LogP contribution in [0.2, 0.25) is 0 Å². The number of allylic oxidation sites excluding steroid dienone is 2. The molecule has 17 heavy (non-hydrogen) atoms. The smallest absolute Gasteiger partial charge is 0.0661 e. The minimum Gasteiger partial charge on any atom is -0.163 e. The van der Waals surface area contributed by atoms with Gasteiger partial charge in [0.25, 0.3) is 0 Å². The highest BCUT2D eigenvalue weighted by molar-refractivity contribution is 6.00. The second kappa shape index (κ2) is 4.75. The van der Waals surface area contributed by atoms with Crippen molar-refractivity contribution >= 4 is 11.9 Å². The maximum atomic E-state index is 4.45. The third-order valence-corrected chi connectivity index (χ3v) is 3.61. The number of fused-ring (bicyclic) bond motifs is 2. The molecule has 2 atom stereocenters. The molecule has 0 unspecified atom stereocenters. The van der Waals surface area contributed by atoms with Crippen molar-refractivity contribution in [2.45, 2.75) is 53.4 Å². The molecule has 2 nitrogen and oxygen atoms in total. The van der Waals surface area contributed by atoms with Crippen molar-refractivity contribution in [3.8, 4) is 0 Å². The van der Waals surface area contributed by atoms with Crippen LogP contribution < -0.4 is 0 Å². The Bertz CT molecular complexity index is 369. The Hall–Kier alpha value is -0.920. The summed E-state index contributed by atoms with van der Waals surface area (Å²) in [6.07, 6.45) is 9.36. The van der Waals surface area contributed by atoms with Crippen LogP contribution in [0.5, 0.6) is 0 Å².